The molecule has 0 aliphatic carbocycles. The van der Waals surface area contributed by atoms with Crippen molar-refractivity contribution in [3.05, 3.63) is 110 Å². The van der Waals surface area contributed by atoms with Crippen molar-refractivity contribution in [2.24, 2.45) is 0 Å². The summed E-state index contributed by atoms with van der Waals surface area (Å²) in [6, 6.07) is 26.7. The molecule has 4 aromatic heterocycles. The van der Waals surface area contributed by atoms with Crippen molar-refractivity contribution in [3.8, 4) is 45.6 Å². The Hall–Kier alpha value is -5.38. The number of hydrogen-bond acceptors (Lipinski definition) is 8. The number of nitrogens with zero attached hydrogens (tertiary/aromatic N) is 8. The molecular formula is C28H24N8O2. The number of pyridine rings is 2. The fourth-order valence-electron chi connectivity index (χ4n) is 3.51. The molecule has 188 valence electrons. The first kappa shape index (κ1) is 24.3. The lowest BCUT2D eigenvalue weighted by atomic mass is 10.3. The fraction of sp³-hybridized carbons (Fsp3) is 0.0714. The van der Waals surface area contributed by atoms with Crippen LogP contribution < -0.4 is 9.47 Å². The first-order valence-corrected chi connectivity index (χ1v) is 11.7. The van der Waals surface area contributed by atoms with E-state index < -0.39 is 0 Å². The maximum absolute atomic E-state index is 5.12. The Morgan fingerprint density at radius 1 is 0.500 bits per heavy atom. The third kappa shape index (κ3) is 5.71. The molecule has 0 saturated carbocycles. The fourth-order valence-corrected chi connectivity index (χ4v) is 3.51. The molecule has 0 spiro atoms. The van der Waals surface area contributed by atoms with E-state index in [9.17, 15) is 0 Å². The molecular weight excluding hydrogens is 480 g/mol. The molecule has 0 radical (unpaired) electrons. The Kier molecular flexibility index (Phi) is 7.40. The van der Waals surface area contributed by atoms with Crippen molar-refractivity contribution in [2.45, 2.75) is 0 Å². The minimum atomic E-state index is 0.747. The van der Waals surface area contributed by atoms with Crippen molar-refractivity contribution in [1.82, 2.24) is 40.0 Å². The van der Waals surface area contributed by atoms with Gasteiger partial charge in [0.2, 0.25) is 0 Å². The van der Waals surface area contributed by atoms with Gasteiger partial charge in [0.25, 0.3) is 0 Å². The van der Waals surface area contributed by atoms with Crippen LogP contribution in [0, 0.1) is 0 Å². The topological polar surface area (TPSA) is 106 Å². The molecule has 0 fully saturated rings. The van der Waals surface area contributed by atoms with Gasteiger partial charge in [-0.3, -0.25) is 9.97 Å². The van der Waals surface area contributed by atoms with Gasteiger partial charge in [0.1, 0.15) is 22.9 Å². The van der Waals surface area contributed by atoms with Gasteiger partial charge in [0, 0.05) is 12.4 Å². The van der Waals surface area contributed by atoms with Gasteiger partial charge in [-0.15, -0.1) is 10.2 Å². The molecule has 6 rings (SSSR count). The highest BCUT2D eigenvalue weighted by Crippen LogP contribution is 2.18. The Morgan fingerprint density at radius 2 is 0.921 bits per heavy atom. The second-order valence-electron chi connectivity index (χ2n) is 7.92. The summed E-state index contributed by atoms with van der Waals surface area (Å²) in [6.45, 7) is 0. The minimum absolute atomic E-state index is 0.747. The highest BCUT2D eigenvalue weighted by atomic mass is 16.5. The molecule has 0 saturated heterocycles. The normalized spacial score (nSPS) is 10.4. The summed E-state index contributed by atoms with van der Waals surface area (Å²) in [5, 5.41) is 16.5. The van der Waals surface area contributed by atoms with Crippen LogP contribution >= 0.6 is 0 Å². The smallest absolute Gasteiger partial charge is 0.131 e. The van der Waals surface area contributed by atoms with Crippen LogP contribution in [0.1, 0.15) is 0 Å². The Balaban J connectivity index is 0.000000155. The Morgan fingerprint density at radius 3 is 1.26 bits per heavy atom. The average Bonchev–Trinajstić information content (AvgIpc) is 3.70. The van der Waals surface area contributed by atoms with Gasteiger partial charge in [-0.1, -0.05) is 22.6 Å². The molecule has 10 nitrogen and oxygen atoms in total. The minimum Gasteiger partial charge on any atom is -0.497 e. The van der Waals surface area contributed by atoms with E-state index in [4.69, 9.17) is 9.47 Å². The predicted octanol–water partition coefficient (Wildman–Crippen LogP) is 4.68. The quantitative estimate of drug-likeness (QED) is 0.322. The van der Waals surface area contributed by atoms with Crippen LogP contribution in [0.3, 0.4) is 0 Å². The SMILES string of the molecule is COc1ccc(-n2cc(-c3ccccn3)nn2)cc1.COc1ccc(-n2cc(-c3ccccn3)nn2)cc1. The van der Waals surface area contributed by atoms with Crippen LogP contribution in [-0.2, 0) is 0 Å². The number of ether oxygens (including phenoxy) is 2. The molecule has 4 heterocycles. The number of benzene rings is 2. The Bertz CT molecular complexity index is 1440. The van der Waals surface area contributed by atoms with Crippen molar-refractivity contribution in [1.29, 1.82) is 0 Å². The molecule has 0 unspecified atom stereocenters. The van der Waals surface area contributed by atoms with Crippen molar-refractivity contribution in [2.75, 3.05) is 14.2 Å². The van der Waals surface area contributed by atoms with E-state index in [1.54, 1.807) is 36.0 Å². The highest BCUT2D eigenvalue weighted by molar-refractivity contribution is 5.53. The van der Waals surface area contributed by atoms with Crippen molar-refractivity contribution >= 4 is 0 Å². The first-order chi connectivity index (χ1) is 18.7. The number of hydrogen-bond donors (Lipinski definition) is 0. The number of aromatic nitrogens is 8. The third-order valence-corrected chi connectivity index (χ3v) is 5.52. The zero-order valence-corrected chi connectivity index (χ0v) is 20.8. The third-order valence-electron chi connectivity index (χ3n) is 5.52. The van der Waals surface area contributed by atoms with E-state index >= 15 is 0 Å². The molecule has 38 heavy (non-hydrogen) atoms. The zero-order chi connectivity index (χ0) is 26.2. The number of rotatable bonds is 6. The second-order valence-corrected chi connectivity index (χ2v) is 7.92. The molecule has 0 amide bonds. The van der Waals surface area contributed by atoms with Crippen molar-refractivity contribution in [3.63, 3.8) is 0 Å². The summed E-state index contributed by atoms with van der Waals surface area (Å²) in [5.41, 5.74) is 4.96. The van der Waals surface area contributed by atoms with E-state index in [1.165, 1.54) is 0 Å². The monoisotopic (exact) mass is 504 g/mol. The first-order valence-electron chi connectivity index (χ1n) is 11.7. The van der Waals surface area contributed by atoms with E-state index in [1.807, 2.05) is 97.3 Å². The van der Waals surface area contributed by atoms with E-state index in [0.717, 1.165) is 45.6 Å². The molecule has 0 aliphatic heterocycles. The highest BCUT2D eigenvalue weighted by Gasteiger charge is 2.07. The van der Waals surface area contributed by atoms with Gasteiger partial charge in [-0.2, -0.15) is 0 Å². The van der Waals surface area contributed by atoms with Gasteiger partial charge in [-0.05, 0) is 72.8 Å². The summed E-state index contributed by atoms with van der Waals surface area (Å²) in [4.78, 5) is 8.50. The molecule has 0 atom stereocenters. The largest absolute Gasteiger partial charge is 0.497 e. The van der Waals surface area contributed by atoms with Gasteiger partial charge < -0.3 is 9.47 Å². The summed E-state index contributed by atoms with van der Waals surface area (Å²) in [7, 11) is 3.29. The maximum Gasteiger partial charge on any atom is 0.131 e. The van der Waals surface area contributed by atoms with Gasteiger partial charge >= 0.3 is 0 Å². The van der Waals surface area contributed by atoms with Crippen molar-refractivity contribution < 1.29 is 9.47 Å². The summed E-state index contributed by atoms with van der Waals surface area (Å²) >= 11 is 0. The zero-order valence-electron chi connectivity index (χ0n) is 20.8. The van der Waals surface area contributed by atoms with Crippen LogP contribution in [0.4, 0.5) is 0 Å². The van der Waals surface area contributed by atoms with E-state index in [0.29, 0.717) is 0 Å². The van der Waals surface area contributed by atoms with E-state index in [-0.39, 0.29) is 0 Å². The number of methoxy groups -OCH3 is 2. The summed E-state index contributed by atoms with van der Waals surface area (Å²) < 4.78 is 13.7. The van der Waals surface area contributed by atoms with Gasteiger partial charge in [0.05, 0.1) is 49.4 Å². The van der Waals surface area contributed by atoms with Crippen LogP contribution in [0.2, 0.25) is 0 Å². The van der Waals surface area contributed by atoms with E-state index in [2.05, 4.69) is 30.6 Å². The Labute approximate surface area is 219 Å². The predicted molar refractivity (Wildman–Crippen MR) is 142 cm³/mol. The summed E-state index contributed by atoms with van der Waals surface area (Å²) in [5.74, 6) is 1.63. The lowest BCUT2D eigenvalue weighted by molar-refractivity contribution is 0.414. The lowest BCUT2D eigenvalue weighted by Crippen LogP contribution is -1.94. The van der Waals surface area contributed by atoms with Gasteiger partial charge in [0.15, 0.2) is 0 Å². The van der Waals surface area contributed by atoms with Crippen LogP contribution in [0.5, 0.6) is 11.5 Å². The molecule has 0 aliphatic rings. The maximum atomic E-state index is 5.12. The van der Waals surface area contributed by atoms with Crippen LogP contribution in [0.15, 0.2) is 110 Å². The molecule has 2 aromatic carbocycles. The van der Waals surface area contributed by atoms with Gasteiger partial charge in [-0.25, -0.2) is 9.36 Å². The summed E-state index contributed by atoms with van der Waals surface area (Å²) in [6.07, 6.45) is 7.18. The molecule has 10 heteroatoms. The average molecular weight is 505 g/mol. The molecule has 0 N–H and O–H groups in total. The second kappa shape index (κ2) is 11.6. The molecule has 0 bridgehead atoms. The standard InChI is InChI=1S/2C14H12N4O/c2*1-19-12-7-5-11(6-8-12)18-10-14(16-17-18)13-4-2-3-9-15-13/h2*2-10H,1H3. The molecule has 6 aromatic rings. The van der Waals surface area contributed by atoms with Crippen LogP contribution in [-0.4, -0.2) is 54.2 Å². The van der Waals surface area contributed by atoms with Crippen LogP contribution in [0.25, 0.3) is 34.2 Å². The lowest BCUT2D eigenvalue weighted by Gasteiger charge is -2.01.